The second-order valence-electron chi connectivity index (χ2n) is 6.69. The minimum Gasteiger partial charge on any atom is -0.319 e. The summed E-state index contributed by atoms with van der Waals surface area (Å²) in [7, 11) is 0. The quantitative estimate of drug-likeness (QED) is 0.778. The summed E-state index contributed by atoms with van der Waals surface area (Å²) in [5.41, 5.74) is -1.79. The van der Waals surface area contributed by atoms with E-state index in [1.54, 1.807) is 6.92 Å². The average molecular weight is 405 g/mol. The number of hydrogen-bond acceptors (Lipinski definition) is 3. The van der Waals surface area contributed by atoms with Gasteiger partial charge in [-0.25, -0.2) is 18.0 Å². The summed E-state index contributed by atoms with van der Waals surface area (Å²) in [4.78, 5) is 39.8. The molecule has 2 aromatic rings. The second-order valence-corrected chi connectivity index (χ2v) is 6.69. The van der Waals surface area contributed by atoms with Crippen LogP contribution in [0.3, 0.4) is 0 Å². The monoisotopic (exact) mass is 405 g/mol. The Kier molecular flexibility index (Phi) is 5.32. The Morgan fingerprint density at radius 1 is 1.07 bits per heavy atom. The number of carbonyl (C=O) groups excluding carboxylic acids is 3. The third kappa shape index (κ3) is 3.67. The van der Waals surface area contributed by atoms with Crippen molar-refractivity contribution in [1.82, 2.24) is 10.2 Å². The summed E-state index contributed by atoms with van der Waals surface area (Å²) in [6.07, 6.45) is 0. The number of rotatable bonds is 5. The van der Waals surface area contributed by atoms with Crippen LogP contribution in [0.2, 0.25) is 0 Å². The molecule has 0 aliphatic carbocycles. The van der Waals surface area contributed by atoms with Crippen molar-refractivity contribution in [3.8, 4) is 0 Å². The average Bonchev–Trinajstić information content (AvgIpc) is 2.89. The first-order valence-electron chi connectivity index (χ1n) is 8.83. The Morgan fingerprint density at radius 2 is 1.69 bits per heavy atom. The molecule has 1 aliphatic heterocycles. The zero-order chi connectivity index (χ0) is 21.3. The van der Waals surface area contributed by atoms with E-state index >= 15 is 0 Å². The lowest BCUT2D eigenvalue weighted by atomic mass is 9.91. The van der Waals surface area contributed by atoms with Gasteiger partial charge >= 0.3 is 6.03 Å². The number of imide groups is 1. The highest BCUT2D eigenvalue weighted by molar-refractivity contribution is 6.10. The number of benzene rings is 2. The van der Waals surface area contributed by atoms with E-state index in [4.69, 9.17) is 0 Å². The van der Waals surface area contributed by atoms with E-state index < -0.39 is 47.4 Å². The van der Waals surface area contributed by atoms with Crippen LogP contribution in [0.15, 0.2) is 42.5 Å². The van der Waals surface area contributed by atoms with Crippen LogP contribution in [0, 0.1) is 17.5 Å². The SMILES string of the molecule is CCN(C(=O)CN1C(=O)N[C@@](C)(c2cc(F)ccc2F)C1=O)c1ccc(F)cc1. The van der Waals surface area contributed by atoms with E-state index in [9.17, 15) is 27.6 Å². The van der Waals surface area contributed by atoms with Crippen LogP contribution >= 0.6 is 0 Å². The van der Waals surface area contributed by atoms with Gasteiger partial charge < -0.3 is 10.2 Å². The van der Waals surface area contributed by atoms with Gasteiger partial charge in [0.25, 0.3) is 5.91 Å². The number of carbonyl (C=O) groups is 3. The van der Waals surface area contributed by atoms with Crippen molar-refractivity contribution in [2.75, 3.05) is 18.0 Å². The standard InChI is InChI=1S/C20H18F3N3O3/c1-3-25(14-7-4-12(21)5-8-14)17(27)11-26-18(28)20(2,24-19(26)29)15-10-13(22)6-9-16(15)23/h4-10H,3,11H2,1-2H3,(H,24,29)/t20-/m0/s1. The lowest BCUT2D eigenvalue weighted by molar-refractivity contribution is -0.134. The van der Waals surface area contributed by atoms with Crippen LogP contribution in [0.4, 0.5) is 23.7 Å². The first kappa shape index (κ1) is 20.4. The zero-order valence-corrected chi connectivity index (χ0v) is 15.7. The van der Waals surface area contributed by atoms with E-state index in [0.717, 1.165) is 18.2 Å². The molecule has 1 fully saturated rings. The maximum absolute atomic E-state index is 14.2. The third-order valence-corrected chi connectivity index (χ3v) is 4.79. The van der Waals surface area contributed by atoms with Crippen molar-refractivity contribution < 1.29 is 27.6 Å². The predicted molar refractivity (Wildman–Crippen MR) is 98.4 cm³/mol. The molecule has 0 saturated carbocycles. The maximum Gasteiger partial charge on any atom is 0.325 e. The minimum absolute atomic E-state index is 0.212. The maximum atomic E-state index is 14.2. The molecule has 1 N–H and O–H groups in total. The minimum atomic E-state index is -1.85. The molecule has 152 valence electrons. The topological polar surface area (TPSA) is 69.7 Å². The normalized spacial score (nSPS) is 18.7. The summed E-state index contributed by atoms with van der Waals surface area (Å²) >= 11 is 0. The summed E-state index contributed by atoms with van der Waals surface area (Å²) < 4.78 is 40.9. The number of urea groups is 1. The molecule has 4 amide bonds. The molecule has 0 spiro atoms. The number of amides is 4. The van der Waals surface area contributed by atoms with Gasteiger partial charge in [-0.3, -0.25) is 14.5 Å². The molecule has 1 atom stereocenters. The van der Waals surface area contributed by atoms with Crippen LogP contribution in [-0.2, 0) is 15.1 Å². The van der Waals surface area contributed by atoms with Crippen molar-refractivity contribution in [3.05, 3.63) is 65.5 Å². The number of hydrogen-bond donors (Lipinski definition) is 1. The summed E-state index contributed by atoms with van der Waals surface area (Å²) in [6, 6.07) is 6.85. The van der Waals surface area contributed by atoms with Crippen molar-refractivity contribution >= 4 is 23.5 Å². The van der Waals surface area contributed by atoms with Gasteiger partial charge in [-0.1, -0.05) is 0 Å². The molecule has 9 heteroatoms. The van der Waals surface area contributed by atoms with Gasteiger partial charge in [0, 0.05) is 17.8 Å². The second kappa shape index (κ2) is 7.57. The molecule has 0 aromatic heterocycles. The van der Waals surface area contributed by atoms with E-state index in [1.165, 1.54) is 36.1 Å². The molecule has 0 bridgehead atoms. The Morgan fingerprint density at radius 3 is 2.31 bits per heavy atom. The molecule has 1 aliphatic rings. The first-order valence-corrected chi connectivity index (χ1v) is 8.83. The number of halogens is 3. The van der Waals surface area contributed by atoms with E-state index in [-0.39, 0.29) is 12.1 Å². The van der Waals surface area contributed by atoms with E-state index in [2.05, 4.69) is 5.32 Å². The highest BCUT2D eigenvalue weighted by Gasteiger charge is 2.51. The number of nitrogens with one attached hydrogen (secondary N) is 1. The molecule has 6 nitrogen and oxygen atoms in total. The van der Waals surface area contributed by atoms with Crippen molar-refractivity contribution in [3.63, 3.8) is 0 Å². The Labute approximate surface area is 164 Å². The summed E-state index contributed by atoms with van der Waals surface area (Å²) in [5, 5.41) is 2.33. The number of likely N-dealkylation sites (N-methyl/N-ethyl adjacent to an activating group) is 1. The van der Waals surface area contributed by atoms with Gasteiger partial charge in [0.15, 0.2) is 0 Å². The lowest BCUT2D eigenvalue weighted by Gasteiger charge is -2.25. The molecule has 0 unspecified atom stereocenters. The Balaban J connectivity index is 1.85. The molecule has 29 heavy (non-hydrogen) atoms. The van der Waals surface area contributed by atoms with Gasteiger partial charge in [0.2, 0.25) is 5.91 Å². The lowest BCUT2D eigenvalue weighted by Crippen LogP contribution is -2.45. The molecule has 1 heterocycles. The highest BCUT2D eigenvalue weighted by atomic mass is 19.1. The van der Waals surface area contributed by atoms with E-state index in [0.29, 0.717) is 10.6 Å². The molecular weight excluding hydrogens is 387 g/mol. The van der Waals surface area contributed by atoms with Crippen molar-refractivity contribution in [2.45, 2.75) is 19.4 Å². The van der Waals surface area contributed by atoms with Crippen LogP contribution in [0.1, 0.15) is 19.4 Å². The van der Waals surface area contributed by atoms with Crippen LogP contribution in [0.5, 0.6) is 0 Å². The van der Waals surface area contributed by atoms with E-state index in [1.807, 2.05) is 0 Å². The number of anilines is 1. The first-order chi connectivity index (χ1) is 13.7. The van der Waals surface area contributed by atoms with Gasteiger partial charge in [-0.15, -0.1) is 0 Å². The highest BCUT2D eigenvalue weighted by Crippen LogP contribution is 2.31. The fourth-order valence-electron chi connectivity index (χ4n) is 3.25. The van der Waals surface area contributed by atoms with Gasteiger partial charge in [-0.05, 0) is 56.3 Å². The molecule has 0 radical (unpaired) electrons. The number of nitrogens with zero attached hydrogens (tertiary/aromatic N) is 2. The summed E-state index contributed by atoms with van der Waals surface area (Å²) in [5.74, 6) is -3.58. The predicted octanol–water partition coefficient (Wildman–Crippen LogP) is 2.92. The Hall–Kier alpha value is -3.36. The summed E-state index contributed by atoms with van der Waals surface area (Å²) in [6.45, 7) is 2.53. The van der Waals surface area contributed by atoms with Crippen LogP contribution in [0.25, 0.3) is 0 Å². The largest absolute Gasteiger partial charge is 0.325 e. The smallest absolute Gasteiger partial charge is 0.319 e. The van der Waals surface area contributed by atoms with Gasteiger partial charge in [0.05, 0.1) is 0 Å². The Bertz CT molecular complexity index is 981. The van der Waals surface area contributed by atoms with Crippen LogP contribution < -0.4 is 10.2 Å². The zero-order valence-electron chi connectivity index (χ0n) is 15.7. The van der Waals surface area contributed by atoms with Gasteiger partial charge in [0.1, 0.15) is 29.5 Å². The fourth-order valence-corrected chi connectivity index (χ4v) is 3.25. The molecule has 1 saturated heterocycles. The molecular formula is C20H18F3N3O3. The van der Waals surface area contributed by atoms with Gasteiger partial charge in [-0.2, -0.15) is 0 Å². The fraction of sp³-hybridized carbons (Fsp3) is 0.250. The molecule has 3 rings (SSSR count). The van der Waals surface area contributed by atoms with Crippen molar-refractivity contribution in [2.24, 2.45) is 0 Å². The van der Waals surface area contributed by atoms with Crippen molar-refractivity contribution in [1.29, 1.82) is 0 Å². The van der Waals surface area contributed by atoms with Crippen LogP contribution in [-0.4, -0.2) is 35.8 Å². The third-order valence-electron chi connectivity index (χ3n) is 4.79. The molecule has 2 aromatic carbocycles.